The third-order valence-electron chi connectivity index (χ3n) is 7.25. The lowest BCUT2D eigenvalue weighted by Crippen LogP contribution is -2.19. The van der Waals surface area contributed by atoms with Crippen molar-refractivity contribution < 1.29 is 18.3 Å². The fourth-order valence-corrected chi connectivity index (χ4v) is 4.95. The molecule has 6 aromatic rings. The van der Waals surface area contributed by atoms with Crippen molar-refractivity contribution >= 4 is 28.7 Å². The molecule has 0 radical (unpaired) electrons. The quantitative estimate of drug-likeness (QED) is 0.171. The van der Waals surface area contributed by atoms with Crippen molar-refractivity contribution in [3.63, 3.8) is 0 Å². The van der Waals surface area contributed by atoms with Crippen LogP contribution in [0.15, 0.2) is 97.3 Å². The maximum absolute atomic E-state index is 14.6. The summed E-state index contributed by atoms with van der Waals surface area (Å²) >= 11 is 0. The second-order valence-corrected chi connectivity index (χ2v) is 10.9. The Bertz CT molecular complexity index is 2040. The summed E-state index contributed by atoms with van der Waals surface area (Å²) in [7, 11) is 3.99. The summed E-state index contributed by atoms with van der Waals surface area (Å²) in [6.07, 6.45) is 3.50. The number of likely N-dealkylation sites (N-methyl/N-ethyl adjacent to an activating group) is 1. The van der Waals surface area contributed by atoms with Gasteiger partial charge in [-0.1, -0.05) is 30.3 Å². The number of carbonyl (C=O) groups is 1. The Hall–Kier alpha value is -5.68. The molecule has 0 aliphatic rings. The number of nitrogens with zero attached hydrogens (tertiary/aromatic N) is 5. The molecule has 9 nitrogen and oxygen atoms in total. The molecule has 0 aliphatic heterocycles. The number of amides is 1. The van der Waals surface area contributed by atoms with Gasteiger partial charge in [-0.25, -0.2) is 23.3 Å². The van der Waals surface area contributed by atoms with Crippen molar-refractivity contribution in [3.8, 4) is 28.3 Å². The summed E-state index contributed by atoms with van der Waals surface area (Å²) in [6.45, 7) is 2.83. The average Bonchev–Trinajstić information content (AvgIpc) is 3.43. The lowest BCUT2D eigenvalue weighted by molar-refractivity contribution is 0.101. The van der Waals surface area contributed by atoms with E-state index >= 15 is 0 Å². The highest BCUT2D eigenvalue weighted by molar-refractivity contribution is 6.05. The monoisotopic (exact) mass is 619 g/mol. The lowest BCUT2D eigenvalue weighted by Gasteiger charge is -2.12. The Balaban J connectivity index is 1.32. The molecule has 0 aliphatic carbocycles. The van der Waals surface area contributed by atoms with Crippen molar-refractivity contribution in [2.24, 2.45) is 0 Å². The lowest BCUT2D eigenvalue weighted by atomic mass is 10.0. The van der Waals surface area contributed by atoms with Gasteiger partial charge >= 0.3 is 0 Å². The number of carbonyl (C=O) groups excluding carboxylic acids is 1. The van der Waals surface area contributed by atoms with Crippen LogP contribution >= 0.6 is 0 Å². The van der Waals surface area contributed by atoms with Gasteiger partial charge in [0.2, 0.25) is 5.95 Å². The topological polar surface area (TPSA) is 96.7 Å². The van der Waals surface area contributed by atoms with Gasteiger partial charge in [-0.15, -0.1) is 0 Å². The van der Waals surface area contributed by atoms with Crippen molar-refractivity contribution in [1.29, 1.82) is 0 Å². The van der Waals surface area contributed by atoms with Gasteiger partial charge in [0.15, 0.2) is 0 Å². The number of benzene rings is 3. The van der Waals surface area contributed by atoms with Crippen LogP contribution in [0.3, 0.4) is 0 Å². The third kappa shape index (κ3) is 6.54. The SMILES string of the molecule is Cc1ccc(F)c(C(=O)Nc2cccc(-c3nn4ccccc4c3-c3ccnc(Nc4cccc(OCCN(C)C)c4)n3)c2)c1F. The van der Waals surface area contributed by atoms with Crippen LogP contribution in [0.5, 0.6) is 5.75 Å². The number of halogens is 2. The molecule has 232 valence electrons. The molecule has 0 spiro atoms. The second kappa shape index (κ2) is 13.1. The van der Waals surface area contributed by atoms with Crippen LogP contribution in [0, 0.1) is 18.6 Å². The molecule has 3 heterocycles. The number of nitrogens with one attached hydrogen (secondary N) is 2. The molecule has 0 saturated carbocycles. The van der Waals surface area contributed by atoms with E-state index in [0.717, 1.165) is 35.1 Å². The zero-order valence-electron chi connectivity index (χ0n) is 25.5. The molecule has 0 unspecified atom stereocenters. The molecule has 0 atom stereocenters. The Morgan fingerprint density at radius 1 is 0.957 bits per heavy atom. The zero-order valence-corrected chi connectivity index (χ0v) is 25.5. The fourth-order valence-electron chi connectivity index (χ4n) is 4.95. The third-order valence-corrected chi connectivity index (χ3v) is 7.25. The first-order chi connectivity index (χ1) is 22.3. The van der Waals surface area contributed by atoms with E-state index in [0.29, 0.717) is 35.2 Å². The van der Waals surface area contributed by atoms with Crippen LogP contribution in [-0.2, 0) is 0 Å². The van der Waals surface area contributed by atoms with Crippen LogP contribution in [0.1, 0.15) is 15.9 Å². The first-order valence-electron chi connectivity index (χ1n) is 14.6. The molecule has 6 rings (SSSR count). The van der Waals surface area contributed by atoms with Crippen LogP contribution < -0.4 is 15.4 Å². The van der Waals surface area contributed by atoms with E-state index in [-0.39, 0.29) is 5.56 Å². The van der Waals surface area contributed by atoms with Crippen molar-refractivity contribution in [3.05, 3.63) is 120 Å². The molecule has 2 N–H and O–H groups in total. The average molecular weight is 620 g/mol. The van der Waals surface area contributed by atoms with Crippen LogP contribution in [0.4, 0.5) is 26.1 Å². The summed E-state index contributed by atoms with van der Waals surface area (Å²) in [5, 5.41) is 10.7. The molecule has 0 bridgehead atoms. The minimum Gasteiger partial charge on any atom is -0.492 e. The standard InChI is InChI=1S/C35H31F2N7O2/c1-22-13-14-27(36)30(32(22)37)34(45)39-24-9-6-8-23(20-24)33-31(29-12-4-5-17-44(29)42-33)28-15-16-38-35(41-28)40-25-10-7-11-26(21-25)46-19-18-43(2)3/h4-17,20-21H,18-19H2,1-3H3,(H,39,45)(H,38,40,41). The number of aryl methyl sites for hydroxylation is 1. The molecular weight excluding hydrogens is 588 g/mol. The summed E-state index contributed by atoms with van der Waals surface area (Å²) in [5.74, 6) is -1.60. The van der Waals surface area contributed by atoms with E-state index in [1.165, 1.54) is 13.0 Å². The highest BCUT2D eigenvalue weighted by Gasteiger charge is 2.21. The number of hydrogen-bond acceptors (Lipinski definition) is 7. The second-order valence-electron chi connectivity index (χ2n) is 10.9. The van der Waals surface area contributed by atoms with Crippen molar-refractivity contribution in [2.45, 2.75) is 6.92 Å². The normalized spacial score (nSPS) is 11.2. The number of rotatable bonds is 10. The Morgan fingerprint density at radius 2 is 1.78 bits per heavy atom. The van der Waals surface area contributed by atoms with Gasteiger partial charge in [-0.3, -0.25) is 4.79 Å². The van der Waals surface area contributed by atoms with Crippen LogP contribution in [0.2, 0.25) is 0 Å². The highest BCUT2D eigenvalue weighted by atomic mass is 19.1. The molecule has 0 fully saturated rings. The number of anilines is 3. The van der Waals surface area contributed by atoms with E-state index < -0.39 is 23.1 Å². The van der Waals surface area contributed by atoms with E-state index in [4.69, 9.17) is 14.8 Å². The Kier molecular flexibility index (Phi) is 8.66. The number of ether oxygens (including phenoxy) is 1. The smallest absolute Gasteiger partial charge is 0.261 e. The van der Waals surface area contributed by atoms with Crippen LogP contribution in [-0.4, -0.2) is 57.6 Å². The van der Waals surface area contributed by atoms with Crippen LogP contribution in [0.25, 0.3) is 28.0 Å². The summed E-state index contributed by atoms with van der Waals surface area (Å²) < 4.78 is 36.7. The van der Waals surface area contributed by atoms with Gasteiger partial charge in [0.05, 0.1) is 16.8 Å². The maximum atomic E-state index is 14.6. The molecule has 11 heteroatoms. The summed E-state index contributed by atoms with van der Waals surface area (Å²) in [4.78, 5) is 24.2. The summed E-state index contributed by atoms with van der Waals surface area (Å²) in [5.41, 5.74) is 4.08. The first-order valence-corrected chi connectivity index (χ1v) is 14.6. The Labute approximate surface area is 264 Å². The van der Waals surface area contributed by atoms with Crippen molar-refractivity contribution in [2.75, 3.05) is 37.9 Å². The predicted octanol–water partition coefficient (Wildman–Crippen LogP) is 6.98. The molecule has 46 heavy (non-hydrogen) atoms. The zero-order chi connectivity index (χ0) is 32.2. The fraction of sp³-hybridized carbons (Fsp3) is 0.143. The van der Waals surface area contributed by atoms with Crippen molar-refractivity contribution in [1.82, 2.24) is 24.5 Å². The van der Waals surface area contributed by atoms with E-state index in [9.17, 15) is 13.6 Å². The van der Waals surface area contributed by atoms with Gasteiger partial charge < -0.3 is 20.3 Å². The molecule has 3 aromatic heterocycles. The largest absolute Gasteiger partial charge is 0.492 e. The minimum atomic E-state index is -0.934. The Morgan fingerprint density at radius 3 is 2.63 bits per heavy atom. The number of hydrogen-bond donors (Lipinski definition) is 2. The maximum Gasteiger partial charge on any atom is 0.261 e. The highest BCUT2D eigenvalue weighted by Crippen LogP contribution is 2.35. The predicted molar refractivity (Wildman–Crippen MR) is 174 cm³/mol. The van der Waals surface area contributed by atoms with Gasteiger partial charge in [0, 0.05) is 41.9 Å². The van der Waals surface area contributed by atoms with Gasteiger partial charge in [0.1, 0.15) is 35.2 Å². The minimum absolute atomic E-state index is 0.175. The van der Waals surface area contributed by atoms with Gasteiger partial charge in [-0.2, -0.15) is 5.10 Å². The van der Waals surface area contributed by atoms with E-state index in [2.05, 4.69) is 20.5 Å². The number of fused-ring (bicyclic) bond motifs is 1. The summed E-state index contributed by atoms with van der Waals surface area (Å²) in [6, 6.07) is 24.4. The van der Waals surface area contributed by atoms with Gasteiger partial charge in [0.25, 0.3) is 5.91 Å². The molecular formula is C35H31F2N7O2. The number of aromatic nitrogens is 4. The van der Waals surface area contributed by atoms with E-state index in [1.54, 1.807) is 35.0 Å². The first kappa shape index (κ1) is 30.4. The molecule has 0 saturated heterocycles. The molecule has 3 aromatic carbocycles. The van der Waals surface area contributed by atoms with E-state index in [1.807, 2.05) is 68.8 Å². The molecule has 1 amide bonds. The number of pyridine rings is 1. The van der Waals surface area contributed by atoms with Gasteiger partial charge in [-0.05, 0) is 75.1 Å².